The minimum absolute atomic E-state index is 0.184. The number of pyridine rings is 1. The molecule has 0 aliphatic rings. The zero-order valence-corrected chi connectivity index (χ0v) is 15.3. The van der Waals surface area contributed by atoms with Crippen molar-refractivity contribution in [3.63, 3.8) is 0 Å². The summed E-state index contributed by atoms with van der Waals surface area (Å²) in [5, 5.41) is 2.75. The van der Waals surface area contributed by atoms with Gasteiger partial charge in [0.2, 0.25) is 5.88 Å². The van der Waals surface area contributed by atoms with Gasteiger partial charge in [-0.15, -0.1) is 18.3 Å². The average molecular weight is 372 g/mol. The van der Waals surface area contributed by atoms with Crippen molar-refractivity contribution in [1.82, 2.24) is 4.98 Å². The third-order valence-electron chi connectivity index (χ3n) is 3.12. The van der Waals surface area contributed by atoms with Crippen LogP contribution in [0.1, 0.15) is 17.3 Å². The molecule has 0 radical (unpaired) electrons. The van der Waals surface area contributed by atoms with Crippen molar-refractivity contribution in [3.05, 3.63) is 60.8 Å². The Hall–Kier alpha value is -2.80. The van der Waals surface area contributed by atoms with E-state index < -0.39 is 18.5 Å². The van der Waals surface area contributed by atoms with Gasteiger partial charge in [-0.25, -0.2) is 9.78 Å². The number of carbonyl (C=O) groups excluding carboxylic acids is 2. The lowest BCUT2D eigenvalue weighted by Gasteiger charge is -2.11. The number of amides is 1. The number of ether oxygens (including phenoxy) is 2. The van der Waals surface area contributed by atoms with Gasteiger partial charge in [-0.1, -0.05) is 18.2 Å². The van der Waals surface area contributed by atoms with Crippen molar-refractivity contribution in [2.24, 2.45) is 0 Å². The van der Waals surface area contributed by atoms with Gasteiger partial charge in [-0.2, -0.15) is 0 Å². The molecule has 0 aliphatic carbocycles. The summed E-state index contributed by atoms with van der Waals surface area (Å²) in [5.74, 6) is -0.173. The fraction of sp³-hybridized carbons (Fsp3) is 0.211. The van der Waals surface area contributed by atoms with Crippen molar-refractivity contribution < 1.29 is 19.1 Å². The highest BCUT2D eigenvalue weighted by molar-refractivity contribution is 7.99. The summed E-state index contributed by atoms with van der Waals surface area (Å²) in [7, 11) is 0. The fourth-order valence-electron chi connectivity index (χ4n) is 2.04. The molecule has 136 valence electrons. The first-order chi connectivity index (χ1) is 12.7. The minimum Gasteiger partial charge on any atom is -0.477 e. The first kappa shape index (κ1) is 19.5. The maximum Gasteiger partial charge on any atom is 0.344 e. The van der Waals surface area contributed by atoms with Gasteiger partial charge in [0.05, 0.1) is 12.3 Å². The highest BCUT2D eigenvalue weighted by Crippen LogP contribution is 2.26. The Labute approximate surface area is 156 Å². The van der Waals surface area contributed by atoms with E-state index in [1.807, 2.05) is 18.2 Å². The Balaban J connectivity index is 1.95. The predicted molar refractivity (Wildman–Crippen MR) is 102 cm³/mol. The van der Waals surface area contributed by atoms with E-state index in [0.29, 0.717) is 12.3 Å². The second-order valence-corrected chi connectivity index (χ2v) is 6.07. The number of thioether (sulfide) groups is 1. The van der Waals surface area contributed by atoms with Crippen molar-refractivity contribution >= 4 is 29.3 Å². The van der Waals surface area contributed by atoms with Gasteiger partial charge in [-0.3, -0.25) is 4.79 Å². The van der Waals surface area contributed by atoms with E-state index >= 15 is 0 Å². The van der Waals surface area contributed by atoms with Gasteiger partial charge in [-0.05, 0) is 31.2 Å². The van der Waals surface area contributed by atoms with E-state index in [-0.39, 0.29) is 11.4 Å². The fourth-order valence-corrected chi connectivity index (χ4v) is 2.78. The number of hydrogen-bond acceptors (Lipinski definition) is 6. The van der Waals surface area contributed by atoms with Gasteiger partial charge in [0.1, 0.15) is 5.56 Å². The van der Waals surface area contributed by atoms with Crippen LogP contribution in [0.4, 0.5) is 5.69 Å². The molecule has 0 spiro atoms. The number of nitrogens with one attached hydrogen (secondary N) is 1. The zero-order valence-electron chi connectivity index (χ0n) is 14.4. The van der Waals surface area contributed by atoms with Gasteiger partial charge < -0.3 is 14.8 Å². The van der Waals surface area contributed by atoms with Crippen LogP contribution in [-0.4, -0.2) is 35.8 Å². The number of hydrogen-bond donors (Lipinski definition) is 1. The average Bonchev–Trinajstić information content (AvgIpc) is 2.66. The molecule has 6 nitrogen and oxygen atoms in total. The summed E-state index contributed by atoms with van der Waals surface area (Å²) in [6.45, 7) is 5.44. The van der Waals surface area contributed by atoms with Crippen LogP contribution in [0, 0.1) is 0 Å². The number of para-hydroxylation sites is 1. The molecule has 26 heavy (non-hydrogen) atoms. The molecule has 0 bridgehead atoms. The van der Waals surface area contributed by atoms with Gasteiger partial charge in [0.15, 0.2) is 6.61 Å². The van der Waals surface area contributed by atoms with E-state index in [0.717, 1.165) is 10.6 Å². The summed E-state index contributed by atoms with van der Waals surface area (Å²) < 4.78 is 10.4. The summed E-state index contributed by atoms with van der Waals surface area (Å²) in [4.78, 5) is 29.2. The van der Waals surface area contributed by atoms with Crippen molar-refractivity contribution in [2.75, 3.05) is 24.3 Å². The van der Waals surface area contributed by atoms with Crippen molar-refractivity contribution in [1.29, 1.82) is 0 Å². The van der Waals surface area contributed by atoms with Crippen LogP contribution in [-0.2, 0) is 9.53 Å². The lowest BCUT2D eigenvalue weighted by molar-refractivity contribution is -0.119. The molecule has 0 saturated heterocycles. The summed E-state index contributed by atoms with van der Waals surface area (Å²) >= 11 is 1.55. The first-order valence-electron chi connectivity index (χ1n) is 8.03. The molecule has 1 N–H and O–H groups in total. The maximum absolute atomic E-state index is 12.2. The van der Waals surface area contributed by atoms with Crippen LogP contribution >= 0.6 is 11.8 Å². The summed E-state index contributed by atoms with van der Waals surface area (Å²) in [6, 6.07) is 10.5. The van der Waals surface area contributed by atoms with Gasteiger partial charge in [0.25, 0.3) is 5.91 Å². The normalized spacial score (nSPS) is 10.0. The largest absolute Gasteiger partial charge is 0.477 e. The molecule has 1 amide bonds. The van der Waals surface area contributed by atoms with Crippen LogP contribution in [0.15, 0.2) is 60.1 Å². The SMILES string of the molecule is C=CCSc1ccccc1NC(=O)COC(=O)c1cccnc1OCC. The molecule has 0 aliphatic heterocycles. The molecule has 0 atom stereocenters. The minimum atomic E-state index is -0.661. The Morgan fingerprint density at radius 1 is 1.27 bits per heavy atom. The summed E-state index contributed by atoms with van der Waals surface area (Å²) in [5.41, 5.74) is 0.848. The second-order valence-electron chi connectivity index (χ2n) is 5.01. The lowest BCUT2D eigenvalue weighted by Crippen LogP contribution is -2.21. The second kappa shape index (κ2) is 10.2. The Bertz CT molecular complexity index is 780. The van der Waals surface area contributed by atoms with Gasteiger partial charge >= 0.3 is 5.97 Å². The molecule has 0 unspecified atom stereocenters. The number of rotatable bonds is 9. The number of benzene rings is 1. The molecule has 2 rings (SSSR count). The highest BCUT2D eigenvalue weighted by atomic mass is 32.2. The van der Waals surface area contributed by atoms with E-state index in [2.05, 4.69) is 16.9 Å². The molecule has 2 aromatic rings. The third kappa shape index (κ3) is 5.63. The smallest absolute Gasteiger partial charge is 0.344 e. The molecule has 0 fully saturated rings. The molecule has 0 saturated carbocycles. The topological polar surface area (TPSA) is 77.5 Å². The van der Waals surface area contributed by atoms with E-state index in [1.54, 1.807) is 43.0 Å². The number of nitrogens with zero attached hydrogens (tertiary/aromatic N) is 1. The Morgan fingerprint density at radius 2 is 2.08 bits per heavy atom. The molecular weight excluding hydrogens is 352 g/mol. The number of carbonyl (C=O) groups is 2. The van der Waals surface area contributed by atoms with Gasteiger partial charge in [0, 0.05) is 16.8 Å². The number of aromatic nitrogens is 1. The predicted octanol–water partition coefficient (Wildman–Crippen LogP) is 3.55. The molecule has 7 heteroatoms. The monoisotopic (exact) mass is 372 g/mol. The van der Waals surface area contributed by atoms with Crippen LogP contribution in [0.5, 0.6) is 5.88 Å². The van der Waals surface area contributed by atoms with E-state index in [1.165, 1.54) is 6.20 Å². The van der Waals surface area contributed by atoms with E-state index in [9.17, 15) is 9.59 Å². The molecule has 1 aromatic carbocycles. The van der Waals surface area contributed by atoms with Crippen LogP contribution in [0.25, 0.3) is 0 Å². The standard InChI is InChI=1S/C19H20N2O4S/c1-3-12-26-16-10-6-5-9-15(16)21-17(22)13-25-19(23)14-8-7-11-20-18(14)24-4-2/h3,5-11H,1,4,12-13H2,2H3,(H,21,22). The zero-order chi connectivity index (χ0) is 18.8. The molecular formula is C19H20N2O4S. The number of esters is 1. The Kier molecular flexibility index (Phi) is 7.70. The number of anilines is 1. The third-order valence-corrected chi connectivity index (χ3v) is 4.19. The van der Waals surface area contributed by atoms with Crippen LogP contribution in [0.3, 0.4) is 0 Å². The molecule has 1 heterocycles. The lowest BCUT2D eigenvalue weighted by atomic mass is 10.3. The Morgan fingerprint density at radius 3 is 2.85 bits per heavy atom. The van der Waals surface area contributed by atoms with Crippen molar-refractivity contribution in [3.8, 4) is 5.88 Å². The first-order valence-corrected chi connectivity index (χ1v) is 9.01. The van der Waals surface area contributed by atoms with E-state index in [4.69, 9.17) is 9.47 Å². The van der Waals surface area contributed by atoms with Crippen molar-refractivity contribution in [2.45, 2.75) is 11.8 Å². The quantitative estimate of drug-likeness (QED) is 0.412. The summed E-state index contributed by atoms with van der Waals surface area (Å²) in [6.07, 6.45) is 3.31. The highest BCUT2D eigenvalue weighted by Gasteiger charge is 2.16. The maximum atomic E-state index is 12.2. The molecule has 1 aromatic heterocycles. The van der Waals surface area contributed by atoms with Crippen LogP contribution < -0.4 is 10.1 Å². The van der Waals surface area contributed by atoms with Crippen LogP contribution in [0.2, 0.25) is 0 Å².